The van der Waals surface area contributed by atoms with E-state index < -0.39 is 5.97 Å². The molecule has 100 valence electrons. The molecule has 0 aliphatic carbocycles. The fraction of sp³-hybridized carbons (Fsp3) is 0.615. The molecule has 0 amide bonds. The number of aromatic carboxylic acids is 1. The first-order valence-electron chi connectivity index (χ1n) is 6.20. The molecule has 1 aliphatic rings. The van der Waals surface area contributed by atoms with Crippen LogP contribution in [0.25, 0.3) is 0 Å². The Morgan fingerprint density at radius 1 is 1.67 bits per heavy atom. The zero-order valence-corrected chi connectivity index (χ0v) is 10.7. The van der Waals surface area contributed by atoms with E-state index in [4.69, 9.17) is 9.52 Å². The molecular weight excluding hydrogens is 234 g/mol. The van der Waals surface area contributed by atoms with Crippen LogP contribution in [0.15, 0.2) is 10.5 Å². The summed E-state index contributed by atoms with van der Waals surface area (Å²) < 4.78 is 5.19. The number of hydrogen-bond acceptors (Lipinski definition) is 4. The predicted molar refractivity (Wildman–Crippen MR) is 65.5 cm³/mol. The maximum atomic E-state index is 10.8. The third-order valence-electron chi connectivity index (χ3n) is 3.62. The first-order chi connectivity index (χ1) is 8.47. The highest BCUT2D eigenvalue weighted by atomic mass is 16.4. The Hall–Kier alpha value is -1.33. The molecule has 0 spiro atoms. The summed E-state index contributed by atoms with van der Waals surface area (Å²) in [6.07, 6.45) is 0.704. The van der Waals surface area contributed by atoms with Crippen LogP contribution in [-0.2, 0) is 6.54 Å². The van der Waals surface area contributed by atoms with E-state index in [2.05, 4.69) is 4.90 Å². The Morgan fingerprint density at radius 3 is 2.89 bits per heavy atom. The van der Waals surface area contributed by atoms with Crippen molar-refractivity contribution in [1.82, 2.24) is 4.90 Å². The second kappa shape index (κ2) is 5.12. The minimum atomic E-state index is -1.03. The number of likely N-dealkylation sites (tertiary alicyclic amines) is 1. The molecule has 5 nitrogen and oxygen atoms in total. The number of carboxylic acids is 1. The topological polar surface area (TPSA) is 73.9 Å². The molecule has 2 rings (SSSR count). The van der Waals surface area contributed by atoms with Crippen LogP contribution in [0.2, 0.25) is 0 Å². The Balaban J connectivity index is 2.00. The SMILES string of the molecule is Cc1oc(C(=O)O)cc1CN1CCC(C(C)O)C1. The molecule has 0 aromatic carbocycles. The average Bonchev–Trinajstić information content (AvgIpc) is 2.87. The lowest BCUT2D eigenvalue weighted by molar-refractivity contribution is 0.0661. The van der Waals surface area contributed by atoms with E-state index in [0.29, 0.717) is 18.2 Å². The molecule has 1 aromatic heterocycles. The van der Waals surface area contributed by atoms with Crippen molar-refractivity contribution in [2.24, 2.45) is 5.92 Å². The zero-order valence-electron chi connectivity index (χ0n) is 10.7. The number of carbonyl (C=O) groups is 1. The number of aliphatic hydroxyl groups is 1. The van der Waals surface area contributed by atoms with Gasteiger partial charge in [-0.1, -0.05) is 0 Å². The van der Waals surface area contributed by atoms with Crippen LogP contribution in [0.4, 0.5) is 0 Å². The summed E-state index contributed by atoms with van der Waals surface area (Å²) in [7, 11) is 0. The van der Waals surface area contributed by atoms with E-state index in [9.17, 15) is 9.90 Å². The van der Waals surface area contributed by atoms with Crippen molar-refractivity contribution < 1.29 is 19.4 Å². The van der Waals surface area contributed by atoms with Gasteiger partial charge in [0.1, 0.15) is 5.76 Å². The minimum absolute atomic E-state index is 0.00577. The highest BCUT2D eigenvalue weighted by Crippen LogP contribution is 2.23. The van der Waals surface area contributed by atoms with Gasteiger partial charge in [0.25, 0.3) is 0 Å². The summed E-state index contributed by atoms with van der Waals surface area (Å²) in [6, 6.07) is 1.59. The summed E-state index contributed by atoms with van der Waals surface area (Å²) >= 11 is 0. The van der Waals surface area contributed by atoms with Crippen LogP contribution < -0.4 is 0 Å². The van der Waals surface area contributed by atoms with Crippen molar-refractivity contribution >= 4 is 5.97 Å². The van der Waals surface area contributed by atoms with Crippen molar-refractivity contribution in [1.29, 1.82) is 0 Å². The molecule has 2 heterocycles. The lowest BCUT2D eigenvalue weighted by atomic mass is 10.0. The number of carboxylic acid groups (broad SMARTS) is 1. The molecule has 2 atom stereocenters. The van der Waals surface area contributed by atoms with Crippen LogP contribution in [0.5, 0.6) is 0 Å². The number of aliphatic hydroxyl groups excluding tert-OH is 1. The van der Waals surface area contributed by atoms with Crippen LogP contribution in [0.1, 0.15) is 35.2 Å². The van der Waals surface area contributed by atoms with Gasteiger partial charge in [0, 0.05) is 18.7 Å². The van der Waals surface area contributed by atoms with Crippen molar-refractivity contribution in [3.63, 3.8) is 0 Å². The fourth-order valence-electron chi connectivity index (χ4n) is 2.42. The molecule has 18 heavy (non-hydrogen) atoms. The van der Waals surface area contributed by atoms with Crippen LogP contribution >= 0.6 is 0 Å². The zero-order chi connectivity index (χ0) is 13.3. The van der Waals surface area contributed by atoms with Crippen LogP contribution in [0.3, 0.4) is 0 Å². The van der Waals surface area contributed by atoms with Crippen LogP contribution in [-0.4, -0.2) is 40.3 Å². The summed E-state index contributed by atoms with van der Waals surface area (Å²) in [5.74, 6) is -0.0644. The lowest BCUT2D eigenvalue weighted by Crippen LogP contribution is -2.24. The molecule has 1 aliphatic heterocycles. The van der Waals surface area contributed by atoms with Crippen molar-refractivity contribution in [3.8, 4) is 0 Å². The van der Waals surface area contributed by atoms with E-state index in [0.717, 1.165) is 25.1 Å². The van der Waals surface area contributed by atoms with E-state index in [1.54, 1.807) is 13.0 Å². The van der Waals surface area contributed by atoms with Gasteiger partial charge in [-0.2, -0.15) is 0 Å². The van der Waals surface area contributed by atoms with Gasteiger partial charge in [-0.25, -0.2) is 4.79 Å². The Bertz CT molecular complexity index is 438. The standard InChI is InChI=1S/C13H19NO4/c1-8(15)10-3-4-14(6-10)7-11-5-12(13(16)17)18-9(11)2/h5,8,10,15H,3-4,6-7H2,1-2H3,(H,16,17). The smallest absolute Gasteiger partial charge is 0.371 e. The Kier molecular flexibility index (Phi) is 3.73. The van der Waals surface area contributed by atoms with Gasteiger partial charge in [0.2, 0.25) is 5.76 Å². The maximum Gasteiger partial charge on any atom is 0.371 e. The number of rotatable bonds is 4. The molecular formula is C13H19NO4. The van der Waals surface area contributed by atoms with Gasteiger partial charge in [-0.15, -0.1) is 0 Å². The summed E-state index contributed by atoms with van der Waals surface area (Å²) in [5.41, 5.74) is 0.915. The van der Waals surface area contributed by atoms with Gasteiger partial charge in [0.15, 0.2) is 0 Å². The van der Waals surface area contributed by atoms with Gasteiger partial charge in [-0.3, -0.25) is 4.90 Å². The fourth-order valence-corrected chi connectivity index (χ4v) is 2.42. The number of furan rings is 1. The van der Waals surface area contributed by atoms with Gasteiger partial charge < -0.3 is 14.6 Å². The minimum Gasteiger partial charge on any atom is -0.475 e. The highest BCUT2D eigenvalue weighted by molar-refractivity contribution is 5.84. The van der Waals surface area contributed by atoms with Crippen molar-refractivity contribution in [2.45, 2.75) is 32.9 Å². The molecule has 1 aromatic rings. The third kappa shape index (κ3) is 2.73. The maximum absolute atomic E-state index is 10.8. The van der Waals surface area contributed by atoms with Crippen molar-refractivity contribution in [3.05, 3.63) is 23.2 Å². The molecule has 1 fully saturated rings. The van der Waals surface area contributed by atoms with E-state index in [-0.39, 0.29) is 11.9 Å². The highest BCUT2D eigenvalue weighted by Gasteiger charge is 2.26. The molecule has 2 unspecified atom stereocenters. The average molecular weight is 253 g/mol. The second-order valence-corrected chi connectivity index (χ2v) is 5.02. The molecule has 5 heteroatoms. The summed E-state index contributed by atoms with van der Waals surface area (Å²) in [6.45, 7) is 6.07. The quantitative estimate of drug-likeness (QED) is 0.850. The monoisotopic (exact) mass is 253 g/mol. The normalized spacial score (nSPS) is 22.3. The molecule has 0 bridgehead atoms. The Labute approximate surface area is 106 Å². The third-order valence-corrected chi connectivity index (χ3v) is 3.62. The Morgan fingerprint density at radius 2 is 2.39 bits per heavy atom. The first-order valence-corrected chi connectivity index (χ1v) is 6.20. The van der Waals surface area contributed by atoms with E-state index in [1.807, 2.05) is 6.92 Å². The van der Waals surface area contributed by atoms with E-state index >= 15 is 0 Å². The van der Waals surface area contributed by atoms with Crippen molar-refractivity contribution in [2.75, 3.05) is 13.1 Å². The summed E-state index contributed by atoms with van der Waals surface area (Å²) in [4.78, 5) is 13.0. The van der Waals surface area contributed by atoms with Gasteiger partial charge in [0.05, 0.1) is 6.10 Å². The summed E-state index contributed by atoms with van der Waals surface area (Å²) in [5, 5.41) is 18.4. The number of nitrogens with zero attached hydrogens (tertiary/aromatic N) is 1. The molecule has 0 radical (unpaired) electrons. The molecule has 0 saturated carbocycles. The lowest BCUT2D eigenvalue weighted by Gasteiger charge is -2.16. The number of aryl methyl sites for hydroxylation is 1. The van der Waals surface area contributed by atoms with Gasteiger partial charge >= 0.3 is 5.97 Å². The van der Waals surface area contributed by atoms with Gasteiger partial charge in [-0.05, 0) is 38.8 Å². The number of hydrogen-bond donors (Lipinski definition) is 2. The van der Waals surface area contributed by atoms with E-state index in [1.165, 1.54) is 0 Å². The largest absolute Gasteiger partial charge is 0.475 e. The predicted octanol–water partition coefficient (Wildman–Crippen LogP) is 1.49. The molecule has 2 N–H and O–H groups in total. The second-order valence-electron chi connectivity index (χ2n) is 5.02. The first kappa shape index (κ1) is 13.1. The van der Waals surface area contributed by atoms with Crippen LogP contribution in [0, 0.1) is 12.8 Å². The molecule has 1 saturated heterocycles.